The van der Waals surface area contributed by atoms with Gasteiger partial charge in [0.05, 0.1) is 0 Å². The number of phenolic OH excluding ortho intramolecular Hbond substituents is 1. The summed E-state index contributed by atoms with van der Waals surface area (Å²) < 4.78 is 10.4. The van der Waals surface area contributed by atoms with Gasteiger partial charge in [-0.25, -0.2) is 4.79 Å². The van der Waals surface area contributed by atoms with E-state index in [-0.39, 0.29) is 23.8 Å². The molecule has 3 aromatic rings. The lowest BCUT2D eigenvalue weighted by atomic mass is 10.1. The number of aromatic nitrogens is 2. The average Bonchev–Trinajstić information content (AvgIpc) is 3.00. The van der Waals surface area contributed by atoms with E-state index >= 15 is 0 Å². The van der Waals surface area contributed by atoms with Gasteiger partial charge in [0.25, 0.3) is 5.89 Å². The first kappa shape index (κ1) is 14.1. The quantitative estimate of drug-likeness (QED) is 0.745. The van der Waals surface area contributed by atoms with Gasteiger partial charge < -0.3 is 14.3 Å². The molecule has 0 saturated carbocycles. The summed E-state index contributed by atoms with van der Waals surface area (Å²) >= 11 is 0. The third-order valence-electron chi connectivity index (χ3n) is 3.22. The highest BCUT2D eigenvalue weighted by Crippen LogP contribution is 2.25. The van der Waals surface area contributed by atoms with E-state index in [0.29, 0.717) is 12.3 Å². The molecule has 0 spiro atoms. The highest BCUT2D eigenvalue weighted by atomic mass is 16.5. The molecule has 1 heterocycles. The normalized spacial score (nSPS) is 10.8. The fourth-order valence-corrected chi connectivity index (χ4v) is 2.09. The number of fused-ring (bicyclic) bond motifs is 1. The molecule has 0 bridgehead atoms. The van der Waals surface area contributed by atoms with Crippen molar-refractivity contribution < 1.29 is 19.1 Å². The number of hydrogen-bond donors (Lipinski definition) is 1. The molecule has 1 aromatic heterocycles. The number of phenols is 1. The Labute approximate surface area is 126 Å². The maximum Gasteiger partial charge on any atom is 0.342 e. The fourth-order valence-electron chi connectivity index (χ4n) is 2.09. The molecule has 6 nitrogen and oxygen atoms in total. The van der Waals surface area contributed by atoms with E-state index in [1.54, 1.807) is 6.07 Å². The summed E-state index contributed by atoms with van der Waals surface area (Å²) in [6.07, 6.45) is 0.617. The minimum absolute atomic E-state index is 0.105. The molecular formula is C16H14N2O4. The molecule has 0 atom stereocenters. The summed E-state index contributed by atoms with van der Waals surface area (Å²) in [4.78, 5) is 12.1. The number of nitrogens with zero attached hydrogens (tertiary/aromatic N) is 2. The molecular weight excluding hydrogens is 284 g/mol. The Morgan fingerprint density at radius 1 is 1.18 bits per heavy atom. The van der Waals surface area contributed by atoms with Crippen molar-refractivity contribution in [3.8, 4) is 5.75 Å². The third-order valence-corrected chi connectivity index (χ3v) is 3.22. The van der Waals surface area contributed by atoms with Gasteiger partial charge in [0.1, 0.15) is 11.3 Å². The van der Waals surface area contributed by atoms with Gasteiger partial charge in [0, 0.05) is 6.42 Å². The number of carbonyl (C=O) groups excluding carboxylic acids is 1. The smallest absolute Gasteiger partial charge is 0.342 e. The average molecular weight is 298 g/mol. The Kier molecular flexibility index (Phi) is 3.74. The van der Waals surface area contributed by atoms with E-state index in [4.69, 9.17) is 9.15 Å². The first-order valence-electron chi connectivity index (χ1n) is 6.87. The maximum absolute atomic E-state index is 12.1. The van der Waals surface area contributed by atoms with Crippen LogP contribution in [0.1, 0.15) is 29.1 Å². The van der Waals surface area contributed by atoms with Crippen LogP contribution >= 0.6 is 0 Å². The van der Waals surface area contributed by atoms with Crippen molar-refractivity contribution in [1.82, 2.24) is 10.2 Å². The van der Waals surface area contributed by atoms with E-state index in [0.717, 1.165) is 10.8 Å². The van der Waals surface area contributed by atoms with Gasteiger partial charge in [-0.2, -0.15) is 0 Å². The van der Waals surface area contributed by atoms with Gasteiger partial charge in [-0.05, 0) is 22.9 Å². The molecule has 112 valence electrons. The number of esters is 1. The standard InChI is InChI=1S/C16H14N2O4/c1-2-14-17-18-15(22-14)9-21-16(20)12-7-10-5-3-4-6-11(10)8-13(12)19/h3-8,19H,2,9H2,1H3. The number of aromatic hydroxyl groups is 1. The summed E-state index contributed by atoms with van der Waals surface area (Å²) in [5.41, 5.74) is 0.105. The number of hydrogen-bond acceptors (Lipinski definition) is 6. The van der Waals surface area contributed by atoms with Gasteiger partial charge in [0.2, 0.25) is 5.89 Å². The van der Waals surface area contributed by atoms with E-state index < -0.39 is 5.97 Å². The van der Waals surface area contributed by atoms with Crippen molar-refractivity contribution in [2.45, 2.75) is 20.0 Å². The number of rotatable bonds is 4. The zero-order valence-corrected chi connectivity index (χ0v) is 11.9. The fraction of sp³-hybridized carbons (Fsp3) is 0.188. The molecule has 22 heavy (non-hydrogen) atoms. The zero-order valence-electron chi connectivity index (χ0n) is 11.9. The van der Waals surface area contributed by atoms with E-state index in [9.17, 15) is 9.90 Å². The molecule has 0 unspecified atom stereocenters. The first-order chi connectivity index (χ1) is 10.7. The third kappa shape index (κ3) is 2.76. The summed E-state index contributed by atoms with van der Waals surface area (Å²) in [7, 11) is 0. The van der Waals surface area contributed by atoms with Crippen molar-refractivity contribution in [2.24, 2.45) is 0 Å². The van der Waals surface area contributed by atoms with Crippen LogP contribution in [0.15, 0.2) is 40.8 Å². The summed E-state index contributed by atoms with van der Waals surface area (Å²) in [6.45, 7) is 1.76. The van der Waals surface area contributed by atoms with Crippen molar-refractivity contribution in [3.05, 3.63) is 53.7 Å². The molecule has 0 aliphatic heterocycles. The Hall–Kier alpha value is -2.89. The van der Waals surface area contributed by atoms with Crippen LogP contribution in [0.3, 0.4) is 0 Å². The van der Waals surface area contributed by atoms with Gasteiger partial charge in [-0.1, -0.05) is 31.2 Å². The molecule has 0 saturated heterocycles. The van der Waals surface area contributed by atoms with Crippen LogP contribution in [0.4, 0.5) is 0 Å². The van der Waals surface area contributed by atoms with Crippen LogP contribution in [0.5, 0.6) is 5.75 Å². The lowest BCUT2D eigenvalue weighted by Gasteiger charge is -2.06. The van der Waals surface area contributed by atoms with E-state index in [1.165, 1.54) is 6.07 Å². The lowest BCUT2D eigenvalue weighted by molar-refractivity contribution is 0.0433. The Morgan fingerprint density at radius 2 is 1.86 bits per heavy atom. The molecule has 0 radical (unpaired) electrons. The van der Waals surface area contributed by atoms with Crippen LogP contribution in [-0.2, 0) is 17.8 Å². The zero-order chi connectivity index (χ0) is 15.5. The minimum Gasteiger partial charge on any atom is -0.507 e. The van der Waals surface area contributed by atoms with Crippen molar-refractivity contribution >= 4 is 16.7 Å². The largest absolute Gasteiger partial charge is 0.507 e. The number of ether oxygens (including phenoxy) is 1. The number of benzene rings is 2. The van der Waals surface area contributed by atoms with Gasteiger partial charge >= 0.3 is 5.97 Å². The first-order valence-corrected chi connectivity index (χ1v) is 6.87. The topological polar surface area (TPSA) is 85.5 Å². The summed E-state index contributed by atoms with van der Waals surface area (Å²) in [6, 6.07) is 10.6. The second-order valence-electron chi connectivity index (χ2n) is 4.74. The predicted octanol–water partition coefficient (Wildman–Crippen LogP) is 2.85. The van der Waals surface area contributed by atoms with Crippen molar-refractivity contribution in [3.63, 3.8) is 0 Å². The van der Waals surface area contributed by atoms with Crippen molar-refractivity contribution in [2.75, 3.05) is 0 Å². The minimum atomic E-state index is -0.639. The van der Waals surface area contributed by atoms with Crippen LogP contribution in [0.2, 0.25) is 0 Å². The highest BCUT2D eigenvalue weighted by Gasteiger charge is 2.15. The molecule has 3 rings (SSSR count). The van der Waals surface area contributed by atoms with Crippen LogP contribution < -0.4 is 0 Å². The molecule has 2 aromatic carbocycles. The second-order valence-corrected chi connectivity index (χ2v) is 4.74. The summed E-state index contributed by atoms with van der Waals surface area (Å²) in [5, 5.41) is 19.2. The highest BCUT2D eigenvalue weighted by molar-refractivity contribution is 5.98. The summed E-state index contributed by atoms with van der Waals surface area (Å²) in [5.74, 6) is -0.0481. The number of carbonyl (C=O) groups is 1. The molecule has 0 fully saturated rings. The van der Waals surface area contributed by atoms with E-state index in [1.807, 2.05) is 31.2 Å². The Bertz CT molecular complexity index is 826. The lowest BCUT2D eigenvalue weighted by Crippen LogP contribution is -2.06. The van der Waals surface area contributed by atoms with E-state index in [2.05, 4.69) is 10.2 Å². The Morgan fingerprint density at radius 3 is 2.55 bits per heavy atom. The van der Waals surface area contributed by atoms with Crippen LogP contribution in [-0.4, -0.2) is 21.3 Å². The molecule has 0 amide bonds. The second kappa shape index (κ2) is 5.85. The van der Waals surface area contributed by atoms with Gasteiger partial charge in [0.15, 0.2) is 6.61 Å². The van der Waals surface area contributed by atoms with Crippen LogP contribution in [0.25, 0.3) is 10.8 Å². The molecule has 0 aliphatic carbocycles. The van der Waals surface area contributed by atoms with Gasteiger partial charge in [-0.15, -0.1) is 10.2 Å². The SMILES string of the molecule is CCc1nnc(COC(=O)c2cc3ccccc3cc2O)o1. The van der Waals surface area contributed by atoms with Crippen molar-refractivity contribution in [1.29, 1.82) is 0 Å². The van der Waals surface area contributed by atoms with Gasteiger partial charge in [-0.3, -0.25) is 0 Å². The maximum atomic E-state index is 12.1. The molecule has 6 heteroatoms. The van der Waals surface area contributed by atoms with Crippen LogP contribution in [0, 0.1) is 0 Å². The predicted molar refractivity (Wildman–Crippen MR) is 78.4 cm³/mol. The number of aryl methyl sites for hydroxylation is 1. The monoisotopic (exact) mass is 298 g/mol. The molecule has 0 aliphatic rings. The Balaban J connectivity index is 1.78. The molecule has 1 N–H and O–H groups in total.